The molecule has 0 bridgehead atoms. The number of thiophene rings is 1. The Kier molecular flexibility index (Phi) is 5.06. The number of imide groups is 1. The number of rotatable bonds is 5. The van der Waals surface area contributed by atoms with Crippen LogP contribution in [0, 0.1) is 6.92 Å². The van der Waals surface area contributed by atoms with E-state index in [0.29, 0.717) is 6.42 Å². The van der Waals surface area contributed by atoms with E-state index < -0.39 is 11.6 Å². The van der Waals surface area contributed by atoms with Crippen molar-refractivity contribution >= 4 is 29.2 Å². The highest BCUT2D eigenvalue weighted by atomic mass is 32.1. The second-order valence-corrected chi connectivity index (χ2v) is 9.29. The second-order valence-electron chi connectivity index (χ2n) is 8.31. The molecule has 7 heteroatoms. The van der Waals surface area contributed by atoms with Gasteiger partial charge in [0.05, 0.1) is 6.04 Å². The number of aryl methyl sites for hydroxylation is 2. The van der Waals surface area contributed by atoms with Crippen LogP contribution in [0.25, 0.3) is 0 Å². The number of fused-ring (bicyclic) bond motifs is 2. The van der Waals surface area contributed by atoms with Crippen LogP contribution in [0.2, 0.25) is 0 Å². The van der Waals surface area contributed by atoms with E-state index in [1.54, 1.807) is 11.3 Å². The Balaban J connectivity index is 1.36. The Morgan fingerprint density at radius 2 is 1.91 bits per heavy atom. The van der Waals surface area contributed by atoms with Crippen LogP contribution < -0.4 is 10.6 Å². The molecule has 1 aliphatic heterocycles. The first kappa shape index (κ1) is 20.5. The third-order valence-electron chi connectivity index (χ3n) is 6.27. The fourth-order valence-corrected chi connectivity index (χ4v) is 5.42. The molecular weight excluding hydrogens is 422 g/mol. The lowest BCUT2D eigenvalue weighted by molar-refractivity contribution is -0.135. The first-order chi connectivity index (χ1) is 15.5. The summed E-state index contributed by atoms with van der Waals surface area (Å²) >= 11 is 1.55. The minimum atomic E-state index is -1.06. The monoisotopic (exact) mass is 445 g/mol. The molecule has 6 nitrogen and oxygen atoms in total. The molecule has 2 aromatic carbocycles. The van der Waals surface area contributed by atoms with Crippen molar-refractivity contribution < 1.29 is 14.4 Å². The largest absolute Gasteiger partial charge is 0.343 e. The summed E-state index contributed by atoms with van der Waals surface area (Å²) in [7, 11) is 0. The SMILES string of the molecule is Cc1ccc([C@@H](NC(=O)CN2C(=O)N[C@@]3(CCc4ccccc43)C2=O)c2cccs2)cc1. The zero-order valence-corrected chi connectivity index (χ0v) is 18.4. The second kappa shape index (κ2) is 7.91. The molecule has 3 aromatic rings. The van der Waals surface area contributed by atoms with Gasteiger partial charge < -0.3 is 10.6 Å². The first-order valence-electron chi connectivity index (χ1n) is 10.6. The molecule has 1 saturated heterocycles. The van der Waals surface area contributed by atoms with E-state index in [1.807, 2.05) is 73.0 Å². The maximum Gasteiger partial charge on any atom is 0.325 e. The molecule has 1 aliphatic carbocycles. The summed E-state index contributed by atoms with van der Waals surface area (Å²) in [6.45, 7) is 1.69. The molecule has 0 radical (unpaired) electrons. The van der Waals surface area contributed by atoms with E-state index >= 15 is 0 Å². The lowest BCUT2D eigenvalue weighted by Gasteiger charge is -2.23. The number of carbonyl (C=O) groups is 3. The standard InChI is InChI=1S/C25H23N3O3S/c1-16-8-10-18(11-9-16)22(20-7-4-14-32-20)26-21(29)15-28-23(30)25(27-24(28)31)13-12-17-5-2-3-6-19(17)25/h2-11,14,22H,12-13,15H2,1H3,(H,26,29)(H,27,31)/t22-,25-/m1/s1. The summed E-state index contributed by atoms with van der Waals surface area (Å²) in [6.07, 6.45) is 1.23. The average molecular weight is 446 g/mol. The zero-order valence-electron chi connectivity index (χ0n) is 17.6. The number of urea groups is 1. The van der Waals surface area contributed by atoms with Gasteiger partial charge in [0, 0.05) is 4.88 Å². The van der Waals surface area contributed by atoms with Crippen LogP contribution in [0.4, 0.5) is 4.79 Å². The Morgan fingerprint density at radius 1 is 1.12 bits per heavy atom. The third kappa shape index (κ3) is 3.39. The van der Waals surface area contributed by atoms with Crippen molar-refractivity contribution in [3.05, 3.63) is 93.2 Å². The normalized spacial score (nSPS) is 20.3. The quantitative estimate of drug-likeness (QED) is 0.589. The maximum atomic E-state index is 13.3. The van der Waals surface area contributed by atoms with Crippen molar-refractivity contribution in [1.29, 1.82) is 0 Å². The van der Waals surface area contributed by atoms with E-state index in [2.05, 4.69) is 10.6 Å². The fraction of sp³-hybridized carbons (Fsp3) is 0.240. The Bertz CT molecular complexity index is 1190. The predicted molar refractivity (Wildman–Crippen MR) is 122 cm³/mol. The molecular formula is C25H23N3O3S. The Labute approximate surface area is 190 Å². The number of hydrogen-bond acceptors (Lipinski definition) is 4. The molecule has 0 unspecified atom stereocenters. The summed E-state index contributed by atoms with van der Waals surface area (Å²) < 4.78 is 0. The van der Waals surface area contributed by atoms with E-state index in [4.69, 9.17) is 0 Å². The summed E-state index contributed by atoms with van der Waals surface area (Å²) in [6, 6.07) is 18.7. The molecule has 1 fully saturated rings. The van der Waals surface area contributed by atoms with E-state index in [1.165, 1.54) is 0 Å². The van der Waals surface area contributed by atoms with E-state index in [9.17, 15) is 14.4 Å². The molecule has 0 saturated carbocycles. The molecule has 5 rings (SSSR count). The minimum absolute atomic E-state index is 0.317. The van der Waals surface area contributed by atoms with Crippen molar-refractivity contribution in [3.63, 3.8) is 0 Å². The average Bonchev–Trinajstić information content (AvgIpc) is 3.50. The smallest absolute Gasteiger partial charge is 0.325 e. The molecule has 4 amide bonds. The molecule has 2 heterocycles. The van der Waals surface area contributed by atoms with Gasteiger partial charge in [-0.3, -0.25) is 14.5 Å². The van der Waals surface area contributed by atoms with Gasteiger partial charge in [0.25, 0.3) is 5.91 Å². The fourth-order valence-electron chi connectivity index (χ4n) is 4.62. The van der Waals surface area contributed by atoms with Gasteiger partial charge in [-0.1, -0.05) is 60.2 Å². The van der Waals surface area contributed by atoms with Crippen LogP contribution in [-0.4, -0.2) is 29.3 Å². The topological polar surface area (TPSA) is 78.5 Å². The van der Waals surface area contributed by atoms with Crippen LogP contribution in [0.3, 0.4) is 0 Å². The number of benzene rings is 2. The van der Waals surface area contributed by atoms with Gasteiger partial charge in [-0.15, -0.1) is 11.3 Å². The first-order valence-corrected chi connectivity index (χ1v) is 11.5. The molecule has 32 heavy (non-hydrogen) atoms. The van der Waals surface area contributed by atoms with Crippen LogP contribution in [0.1, 0.15) is 39.6 Å². The van der Waals surface area contributed by atoms with Gasteiger partial charge >= 0.3 is 6.03 Å². The lowest BCUT2D eigenvalue weighted by Crippen LogP contribution is -2.44. The molecule has 2 N–H and O–H groups in total. The molecule has 2 aliphatic rings. The van der Waals surface area contributed by atoms with E-state index in [-0.39, 0.29) is 24.4 Å². The van der Waals surface area contributed by atoms with Gasteiger partial charge in [-0.2, -0.15) is 0 Å². The summed E-state index contributed by atoms with van der Waals surface area (Å²) in [4.78, 5) is 41.1. The highest BCUT2D eigenvalue weighted by molar-refractivity contribution is 7.10. The van der Waals surface area contributed by atoms with Crippen LogP contribution in [0.5, 0.6) is 0 Å². The van der Waals surface area contributed by atoms with Crippen molar-refractivity contribution in [2.45, 2.75) is 31.3 Å². The van der Waals surface area contributed by atoms with Gasteiger partial charge in [0.1, 0.15) is 12.1 Å². The maximum absolute atomic E-state index is 13.3. The van der Waals surface area contributed by atoms with Crippen LogP contribution >= 0.6 is 11.3 Å². The predicted octanol–water partition coefficient (Wildman–Crippen LogP) is 3.66. The van der Waals surface area contributed by atoms with Gasteiger partial charge in [0.15, 0.2) is 0 Å². The number of amides is 4. The third-order valence-corrected chi connectivity index (χ3v) is 7.20. The van der Waals surface area contributed by atoms with Crippen LogP contribution in [-0.2, 0) is 21.5 Å². The Morgan fingerprint density at radius 3 is 2.66 bits per heavy atom. The molecule has 2 atom stereocenters. The number of nitrogens with one attached hydrogen (secondary N) is 2. The van der Waals surface area contributed by atoms with Crippen molar-refractivity contribution in [2.75, 3.05) is 6.54 Å². The van der Waals surface area contributed by atoms with Gasteiger partial charge in [-0.25, -0.2) is 4.79 Å². The summed E-state index contributed by atoms with van der Waals surface area (Å²) in [5.41, 5.74) is 2.91. The lowest BCUT2D eigenvalue weighted by atomic mass is 9.92. The van der Waals surface area contributed by atoms with Crippen molar-refractivity contribution in [1.82, 2.24) is 15.5 Å². The Hall–Kier alpha value is -3.45. The summed E-state index contributed by atoms with van der Waals surface area (Å²) in [5, 5.41) is 7.85. The zero-order chi connectivity index (χ0) is 22.3. The molecule has 1 aromatic heterocycles. The number of hydrogen-bond donors (Lipinski definition) is 2. The van der Waals surface area contributed by atoms with Crippen molar-refractivity contribution in [2.24, 2.45) is 0 Å². The molecule has 1 spiro atoms. The van der Waals surface area contributed by atoms with Gasteiger partial charge in [0.2, 0.25) is 5.91 Å². The van der Waals surface area contributed by atoms with Crippen molar-refractivity contribution in [3.8, 4) is 0 Å². The van der Waals surface area contributed by atoms with Gasteiger partial charge in [-0.05, 0) is 47.9 Å². The number of carbonyl (C=O) groups excluding carboxylic acids is 3. The highest BCUT2D eigenvalue weighted by Crippen LogP contribution is 2.41. The van der Waals surface area contributed by atoms with Crippen LogP contribution in [0.15, 0.2) is 66.0 Å². The number of nitrogens with zero attached hydrogens (tertiary/aromatic N) is 1. The minimum Gasteiger partial charge on any atom is -0.343 e. The highest BCUT2D eigenvalue weighted by Gasteiger charge is 2.55. The molecule has 162 valence electrons. The summed E-state index contributed by atoms with van der Waals surface area (Å²) in [5.74, 6) is -0.735. The van der Waals surface area contributed by atoms with E-state index in [0.717, 1.165) is 38.5 Å².